The van der Waals surface area contributed by atoms with Crippen LogP contribution in [0.3, 0.4) is 0 Å². The monoisotopic (exact) mass is 704 g/mol. The minimum atomic E-state index is -0.291. The van der Waals surface area contributed by atoms with Crippen LogP contribution in [0.5, 0.6) is 0 Å². The molecule has 0 spiro atoms. The fourth-order valence-corrected chi connectivity index (χ4v) is 9.17. The van der Waals surface area contributed by atoms with Crippen LogP contribution in [-0.2, 0) is 22.9 Å². The topological polar surface area (TPSA) is 61.4 Å². The number of benzene rings is 4. The van der Waals surface area contributed by atoms with E-state index in [1.54, 1.807) is 0 Å². The van der Waals surface area contributed by atoms with E-state index >= 15 is 0 Å². The largest absolute Gasteiger partial charge is 0.334 e. The molecule has 4 aromatic carbocycles. The number of fused-ring (bicyclic) bond motifs is 9. The Hall–Kier alpha value is -5.88. The summed E-state index contributed by atoms with van der Waals surface area (Å²) in [5.74, 6) is 0. The van der Waals surface area contributed by atoms with Gasteiger partial charge in [0.05, 0.1) is 39.8 Å². The number of hydrogen-bond donors (Lipinski definition) is 0. The van der Waals surface area contributed by atoms with E-state index in [1.165, 1.54) is 60.0 Å². The van der Waals surface area contributed by atoms with Gasteiger partial charge in [0, 0.05) is 78.7 Å². The lowest BCUT2D eigenvalue weighted by molar-refractivity contribution is 0.421. The van der Waals surface area contributed by atoms with E-state index in [4.69, 9.17) is 15.0 Å². The highest BCUT2D eigenvalue weighted by molar-refractivity contribution is 6.14. The molecular weight excluding hydrogens is 661 g/mol. The van der Waals surface area contributed by atoms with Crippen LogP contribution in [0.1, 0.15) is 66.6 Å². The van der Waals surface area contributed by atoms with E-state index in [-0.39, 0.29) is 16.5 Å². The van der Waals surface area contributed by atoms with Crippen molar-refractivity contribution in [1.82, 2.24) is 29.1 Å². The Bertz CT molecular complexity index is 3010. The molecule has 0 bridgehead atoms. The fraction of sp³-hybridized carbons (Fsp3) is 0.250. The summed E-state index contributed by atoms with van der Waals surface area (Å²) in [6, 6.07) is 31.1. The van der Waals surface area contributed by atoms with Gasteiger partial charge in [-0.3, -0.25) is 9.97 Å². The highest BCUT2D eigenvalue weighted by atomic mass is 15.1. The Balaban J connectivity index is 1.13. The Morgan fingerprint density at radius 3 is 2.04 bits per heavy atom. The van der Waals surface area contributed by atoms with Crippen LogP contribution in [0.4, 0.5) is 0 Å². The Morgan fingerprint density at radius 2 is 1.28 bits per heavy atom. The molecule has 0 amide bonds. The zero-order valence-corrected chi connectivity index (χ0v) is 32.3. The normalized spacial score (nSPS) is 13.3. The average molecular weight is 705 g/mol. The average Bonchev–Trinajstić information content (AvgIpc) is 3.78. The zero-order valence-electron chi connectivity index (χ0n) is 32.3. The standard InChI is InChI=1S/C48H44N6/c1-46(2,3)53-38-23-29(18-19-32(38)33-20-21-49-26-39(33)53)31-22-36-42-30(14-11-17-37(42)54(47(4,5)6)45(36)51-25-31)24-48(7,8)40-27-50-43-34-15-9-12-28-13-10-16-35(41(28)34)44(43)52-40/h9-23,25-27H,24H2,1-8H3. The molecule has 266 valence electrons. The predicted molar refractivity (Wildman–Crippen MR) is 224 cm³/mol. The minimum Gasteiger partial charge on any atom is -0.334 e. The predicted octanol–water partition coefficient (Wildman–Crippen LogP) is 12.0. The van der Waals surface area contributed by atoms with Crippen molar-refractivity contribution < 1.29 is 0 Å². The lowest BCUT2D eigenvalue weighted by Crippen LogP contribution is -2.23. The van der Waals surface area contributed by atoms with Crippen molar-refractivity contribution in [3.05, 3.63) is 121 Å². The molecule has 0 radical (unpaired) electrons. The summed E-state index contributed by atoms with van der Waals surface area (Å²) in [7, 11) is 0. The van der Waals surface area contributed by atoms with Gasteiger partial charge in [0.15, 0.2) is 0 Å². The molecular formula is C48H44N6. The first kappa shape index (κ1) is 32.7. The van der Waals surface area contributed by atoms with Crippen molar-refractivity contribution in [3.8, 4) is 33.6 Å². The number of aromatic nitrogens is 6. The van der Waals surface area contributed by atoms with E-state index in [9.17, 15) is 0 Å². The summed E-state index contributed by atoms with van der Waals surface area (Å²) >= 11 is 0. The van der Waals surface area contributed by atoms with Crippen LogP contribution in [0.25, 0.3) is 88.2 Å². The molecule has 5 heterocycles. The van der Waals surface area contributed by atoms with Gasteiger partial charge in [-0.2, -0.15) is 0 Å². The van der Waals surface area contributed by atoms with Crippen LogP contribution in [0.15, 0.2) is 110 Å². The van der Waals surface area contributed by atoms with Gasteiger partial charge in [0.1, 0.15) is 5.65 Å². The summed E-state index contributed by atoms with van der Waals surface area (Å²) in [5.41, 5.74) is 12.8. The maximum Gasteiger partial charge on any atom is 0.141 e. The van der Waals surface area contributed by atoms with Crippen molar-refractivity contribution in [2.24, 2.45) is 0 Å². The zero-order chi connectivity index (χ0) is 37.3. The van der Waals surface area contributed by atoms with Gasteiger partial charge in [-0.25, -0.2) is 9.97 Å². The molecule has 6 nitrogen and oxygen atoms in total. The molecule has 10 rings (SSSR count). The number of nitrogens with zero attached hydrogens (tertiary/aromatic N) is 6. The number of rotatable bonds is 4. The maximum atomic E-state index is 5.38. The lowest BCUT2D eigenvalue weighted by Gasteiger charge is -2.26. The minimum absolute atomic E-state index is 0.119. The molecule has 0 saturated heterocycles. The summed E-state index contributed by atoms with van der Waals surface area (Å²) in [6.45, 7) is 18.2. The molecule has 0 atom stereocenters. The van der Waals surface area contributed by atoms with Crippen LogP contribution >= 0.6 is 0 Å². The van der Waals surface area contributed by atoms with Gasteiger partial charge in [-0.15, -0.1) is 0 Å². The van der Waals surface area contributed by atoms with Crippen molar-refractivity contribution in [3.63, 3.8) is 0 Å². The van der Waals surface area contributed by atoms with Crippen molar-refractivity contribution >= 4 is 54.5 Å². The summed E-state index contributed by atoms with van der Waals surface area (Å²) in [5, 5.41) is 7.38. The number of pyridine rings is 2. The molecule has 5 aromatic heterocycles. The summed E-state index contributed by atoms with van der Waals surface area (Å²) < 4.78 is 4.84. The van der Waals surface area contributed by atoms with Gasteiger partial charge < -0.3 is 9.13 Å². The second-order valence-electron chi connectivity index (χ2n) is 17.8. The molecule has 0 fully saturated rings. The summed E-state index contributed by atoms with van der Waals surface area (Å²) in [4.78, 5) is 20.2. The van der Waals surface area contributed by atoms with Gasteiger partial charge in [0.2, 0.25) is 0 Å². The quantitative estimate of drug-likeness (QED) is 0.183. The molecule has 9 aromatic rings. The van der Waals surface area contributed by atoms with Crippen molar-refractivity contribution in [1.29, 1.82) is 0 Å². The maximum absolute atomic E-state index is 5.38. The van der Waals surface area contributed by atoms with E-state index < -0.39 is 0 Å². The molecule has 0 unspecified atom stereocenters. The van der Waals surface area contributed by atoms with Crippen LogP contribution in [0.2, 0.25) is 0 Å². The first-order valence-electron chi connectivity index (χ1n) is 19.0. The Morgan fingerprint density at radius 1 is 0.556 bits per heavy atom. The molecule has 6 heteroatoms. The first-order chi connectivity index (χ1) is 25.8. The smallest absolute Gasteiger partial charge is 0.141 e. The fourth-order valence-electron chi connectivity index (χ4n) is 9.17. The highest BCUT2D eigenvalue weighted by Crippen LogP contribution is 2.46. The van der Waals surface area contributed by atoms with Crippen LogP contribution in [0, 0.1) is 0 Å². The van der Waals surface area contributed by atoms with Gasteiger partial charge in [0.25, 0.3) is 0 Å². The molecule has 1 aliphatic carbocycles. The highest BCUT2D eigenvalue weighted by Gasteiger charge is 2.31. The van der Waals surface area contributed by atoms with E-state index in [2.05, 4.69) is 161 Å². The second-order valence-corrected chi connectivity index (χ2v) is 17.8. The molecule has 0 saturated carbocycles. The Kier molecular flexibility index (Phi) is 6.72. The van der Waals surface area contributed by atoms with E-state index in [0.29, 0.717) is 0 Å². The van der Waals surface area contributed by atoms with Crippen LogP contribution in [-0.4, -0.2) is 29.1 Å². The Labute approximate surface area is 315 Å². The van der Waals surface area contributed by atoms with Gasteiger partial charge in [-0.1, -0.05) is 74.5 Å². The van der Waals surface area contributed by atoms with Crippen LogP contribution < -0.4 is 0 Å². The molecule has 1 aliphatic rings. The van der Waals surface area contributed by atoms with Crippen molar-refractivity contribution in [2.75, 3.05) is 0 Å². The lowest BCUT2D eigenvalue weighted by atomic mass is 9.81. The SMILES string of the molecule is CC(C)(Cc1cccc2c1c1cc(-c3ccc4c5ccncc5n(C(C)(C)C)c4c3)cnc1n2C(C)(C)C)c1cnc2c(n1)-c1cccc3cccc-2c13. The third-order valence-electron chi connectivity index (χ3n) is 11.5. The molecule has 0 aliphatic heterocycles. The van der Waals surface area contributed by atoms with E-state index in [1.807, 2.05) is 18.6 Å². The first-order valence-corrected chi connectivity index (χ1v) is 19.0. The molecule has 54 heavy (non-hydrogen) atoms. The van der Waals surface area contributed by atoms with E-state index in [0.717, 1.165) is 45.8 Å². The third kappa shape index (κ3) is 4.71. The molecule has 0 N–H and O–H groups in total. The van der Waals surface area contributed by atoms with Gasteiger partial charge >= 0.3 is 0 Å². The summed E-state index contributed by atoms with van der Waals surface area (Å²) in [6.07, 6.45) is 8.74. The van der Waals surface area contributed by atoms with Gasteiger partial charge in [-0.05, 0) is 88.7 Å². The van der Waals surface area contributed by atoms with Crippen molar-refractivity contribution in [2.45, 2.75) is 78.3 Å². The second kappa shape index (κ2) is 11.1. The third-order valence-corrected chi connectivity index (χ3v) is 11.5. The number of hydrogen-bond acceptors (Lipinski definition) is 4.